The Morgan fingerprint density at radius 1 is 1.10 bits per heavy atom. The van der Waals surface area contributed by atoms with Crippen molar-refractivity contribution in [3.63, 3.8) is 0 Å². The first kappa shape index (κ1) is 16.2. The van der Waals surface area contributed by atoms with Crippen molar-refractivity contribution in [3.05, 3.63) is 0 Å². The van der Waals surface area contributed by atoms with Crippen LogP contribution < -0.4 is 5.32 Å². The molecule has 0 aliphatic carbocycles. The normalized spacial score (nSPS) is 29.4. The van der Waals surface area contributed by atoms with Gasteiger partial charge in [0.05, 0.1) is 0 Å². The number of likely N-dealkylation sites (N-methyl/N-ethyl adjacent to an activating group) is 1. The lowest BCUT2D eigenvalue weighted by Gasteiger charge is -2.40. The van der Waals surface area contributed by atoms with Gasteiger partial charge in [0.15, 0.2) is 0 Å². The van der Waals surface area contributed by atoms with Crippen LogP contribution >= 0.6 is 0 Å². The molecule has 4 nitrogen and oxygen atoms in total. The van der Waals surface area contributed by atoms with Gasteiger partial charge < -0.3 is 10.2 Å². The van der Waals surface area contributed by atoms with Crippen molar-refractivity contribution in [2.75, 3.05) is 66.5 Å². The maximum Gasteiger partial charge on any atom is 0.0309 e. The van der Waals surface area contributed by atoms with Crippen molar-refractivity contribution >= 4 is 0 Å². The minimum atomic E-state index is 0.431. The number of rotatable bonds is 7. The molecule has 0 saturated carbocycles. The van der Waals surface area contributed by atoms with Gasteiger partial charge in [-0.05, 0) is 39.9 Å². The molecule has 0 amide bonds. The van der Waals surface area contributed by atoms with Gasteiger partial charge in [-0.2, -0.15) is 0 Å². The van der Waals surface area contributed by atoms with Crippen LogP contribution in [0.2, 0.25) is 0 Å². The molecule has 2 saturated heterocycles. The molecule has 0 aromatic heterocycles. The molecule has 4 heteroatoms. The molecular formula is C16H34N4. The minimum Gasteiger partial charge on any atom is -0.310 e. The van der Waals surface area contributed by atoms with Gasteiger partial charge in [-0.3, -0.25) is 9.80 Å². The van der Waals surface area contributed by atoms with E-state index in [1.807, 2.05) is 0 Å². The highest BCUT2D eigenvalue weighted by molar-refractivity contribution is 4.96. The second-order valence-electron chi connectivity index (χ2n) is 6.98. The van der Waals surface area contributed by atoms with E-state index in [0.29, 0.717) is 5.54 Å². The van der Waals surface area contributed by atoms with E-state index in [0.717, 1.165) is 0 Å². The Morgan fingerprint density at radius 2 is 1.80 bits per heavy atom. The van der Waals surface area contributed by atoms with Crippen molar-refractivity contribution < 1.29 is 0 Å². The summed E-state index contributed by atoms with van der Waals surface area (Å²) in [6.07, 6.45) is 5.38. The fourth-order valence-corrected chi connectivity index (χ4v) is 3.72. The van der Waals surface area contributed by atoms with Crippen molar-refractivity contribution in [1.82, 2.24) is 20.0 Å². The van der Waals surface area contributed by atoms with Gasteiger partial charge in [0, 0.05) is 51.4 Å². The van der Waals surface area contributed by atoms with Gasteiger partial charge in [-0.15, -0.1) is 0 Å². The lowest BCUT2D eigenvalue weighted by molar-refractivity contribution is 0.0975. The summed E-state index contributed by atoms with van der Waals surface area (Å²) in [5.41, 5.74) is 0.431. The molecule has 0 aromatic rings. The lowest BCUT2D eigenvalue weighted by atomic mass is 9.91. The third kappa shape index (κ3) is 4.69. The highest BCUT2D eigenvalue weighted by Crippen LogP contribution is 2.26. The van der Waals surface area contributed by atoms with E-state index in [9.17, 15) is 0 Å². The Hall–Kier alpha value is -0.160. The third-order valence-corrected chi connectivity index (χ3v) is 4.92. The van der Waals surface area contributed by atoms with E-state index >= 15 is 0 Å². The highest BCUT2D eigenvalue weighted by atomic mass is 15.3. The Morgan fingerprint density at radius 3 is 2.35 bits per heavy atom. The Kier molecular flexibility index (Phi) is 6.27. The first-order valence-electron chi connectivity index (χ1n) is 8.48. The van der Waals surface area contributed by atoms with Crippen LogP contribution in [0.15, 0.2) is 0 Å². The van der Waals surface area contributed by atoms with E-state index in [-0.39, 0.29) is 0 Å². The summed E-state index contributed by atoms with van der Waals surface area (Å²) in [4.78, 5) is 7.59. The fourth-order valence-electron chi connectivity index (χ4n) is 3.72. The topological polar surface area (TPSA) is 21.8 Å². The van der Waals surface area contributed by atoms with Crippen LogP contribution in [0.25, 0.3) is 0 Å². The summed E-state index contributed by atoms with van der Waals surface area (Å²) in [6, 6.07) is 0. The van der Waals surface area contributed by atoms with Crippen LogP contribution in [0.1, 0.15) is 32.6 Å². The molecule has 2 aliphatic heterocycles. The number of nitrogens with zero attached hydrogens (tertiary/aromatic N) is 3. The Bertz CT molecular complexity index is 266. The monoisotopic (exact) mass is 282 g/mol. The van der Waals surface area contributed by atoms with Crippen molar-refractivity contribution in [1.29, 1.82) is 0 Å². The summed E-state index contributed by atoms with van der Waals surface area (Å²) >= 11 is 0. The number of hydrogen-bond acceptors (Lipinski definition) is 4. The highest BCUT2D eigenvalue weighted by Gasteiger charge is 2.34. The molecule has 2 fully saturated rings. The molecule has 0 bridgehead atoms. The quantitative estimate of drug-likeness (QED) is 0.754. The van der Waals surface area contributed by atoms with Gasteiger partial charge in [-0.25, -0.2) is 0 Å². The van der Waals surface area contributed by atoms with Crippen LogP contribution in [0.3, 0.4) is 0 Å². The molecule has 1 unspecified atom stereocenters. The molecule has 0 spiro atoms. The number of piperazine rings is 1. The van der Waals surface area contributed by atoms with E-state index < -0.39 is 0 Å². The summed E-state index contributed by atoms with van der Waals surface area (Å²) in [6.45, 7) is 12.2. The average molecular weight is 282 g/mol. The average Bonchev–Trinajstić information content (AvgIpc) is 2.87. The minimum absolute atomic E-state index is 0.431. The number of hydrogen-bond donors (Lipinski definition) is 1. The zero-order chi connectivity index (χ0) is 14.4. The predicted molar refractivity (Wildman–Crippen MR) is 86.3 cm³/mol. The summed E-state index contributed by atoms with van der Waals surface area (Å²) in [7, 11) is 4.33. The molecule has 2 aliphatic rings. The second-order valence-corrected chi connectivity index (χ2v) is 6.98. The zero-order valence-electron chi connectivity index (χ0n) is 13.8. The predicted octanol–water partition coefficient (Wildman–Crippen LogP) is 1.09. The first-order chi connectivity index (χ1) is 9.63. The maximum atomic E-state index is 3.81. The van der Waals surface area contributed by atoms with Crippen LogP contribution in [0.4, 0.5) is 0 Å². The standard InChI is InChI=1S/C16H34N4/c1-4-6-16(7-5-8-17-16)15-20-13-11-19(12-14-20)10-9-18(2)3/h17H,4-15H2,1-3H3. The molecule has 20 heavy (non-hydrogen) atoms. The maximum absolute atomic E-state index is 3.81. The van der Waals surface area contributed by atoms with Gasteiger partial charge in [0.25, 0.3) is 0 Å². The molecule has 2 heterocycles. The molecule has 0 aromatic carbocycles. The third-order valence-electron chi connectivity index (χ3n) is 4.92. The Balaban J connectivity index is 1.73. The van der Waals surface area contributed by atoms with E-state index in [1.165, 1.54) is 78.0 Å². The first-order valence-corrected chi connectivity index (χ1v) is 8.48. The molecule has 1 N–H and O–H groups in total. The fraction of sp³-hybridized carbons (Fsp3) is 1.00. The van der Waals surface area contributed by atoms with Crippen molar-refractivity contribution in [2.45, 2.75) is 38.1 Å². The van der Waals surface area contributed by atoms with Crippen molar-refractivity contribution in [2.24, 2.45) is 0 Å². The Labute approximate surface area is 125 Å². The van der Waals surface area contributed by atoms with E-state index in [2.05, 4.69) is 41.0 Å². The van der Waals surface area contributed by atoms with Crippen LogP contribution in [-0.2, 0) is 0 Å². The van der Waals surface area contributed by atoms with Gasteiger partial charge in [0.1, 0.15) is 0 Å². The zero-order valence-corrected chi connectivity index (χ0v) is 13.8. The smallest absolute Gasteiger partial charge is 0.0309 e. The molecular weight excluding hydrogens is 248 g/mol. The van der Waals surface area contributed by atoms with Crippen molar-refractivity contribution in [3.8, 4) is 0 Å². The molecule has 0 radical (unpaired) electrons. The van der Waals surface area contributed by atoms with E-state index in [1.54, 1.807) is 0 Å². The summed E-state index contributed by atoms with van der Waals surface area (Å²) < 4.78 is 0. The molecule has 118 valence electrons. The van der Waals surface area contributed by atoms with Crippen LogP contribution in [0.5, 0.6) is 0 Å². The lowest BCUT2D eigenvalue weighted by Crippen LogP contribution is -2.55. The molecule has 2 rings (SSSR count). The van der Waals surface area contributed by atoms with Gasteiger partial charge in [-0.1, -0.05) is 13.3 Å². The van der Waals surface area contributed by atoms with Crippen LogP contribution in [-0.4, -0.2) is 86.7 Å². The van der Waals surface area contributed by atoms with E-state index in [4.69, 9.17) is 0 Å². The second kappa shape index (κ2) is 7.74. The van der Waals surface area contributed by atoms with Crippen LogP contribution in [0, 0.1) is 0 Å². The molecule has 1 atom stereocenters. The summed E-state index contributed by atoms with van der Waals surface area (Å²) in [5.74, 6) is 0. The summed E-state index contributed by atoms with van der Waals surface area (Å²) in [5, 5.41) is 3.81. The van der Waals surface area contributed by atoms with Gasteiger partial charge >= 0.3 is 0 Å². The SMILES string of the molecule is CCCC1(CN2CCN(CCN(C)C)CC2)CCCN1. The number of nitrogens with one attached hydrogen (secondary N) is 1. The van der Waals surface area contributed by atoms with Gasteiger partial charge in [0.2, 0.25) is 0 Å². The largest absolute Gasteiger partial charge is 0.310 e.